The average molecular weight is 290 g/mol. The lowest BCUT2D eigenvalue weighted by Crippen LogP contribution is -2.28. The van der Waals surface area contributed by atoms with E-state index < -0.39 is 23.1 Å². The molecule has 0 saturated carbocycles. The number of benzene rings is 2. The molecule has 1 atom stereocenters. The molecule has 2 rings (SSSR count). The highest BCUT2D eigenvalue weighted by atomic mass is 19.1. The molecule has 0 radical (unpaired) electrons. The summed E-state index contributed by atoms with van der Waals surface area (Å²) >= 11 is 0. The minimum absolute atomic E-state index is 0.239. The smallest absolute Gasteiger partial charge is 0.257 e. The number of amides is 1. The van der Waals surface area contributed by atoms with E-state index in [-0.39, 0.29) is 12.6 Å². The Hall–Kier alpha value is -2.27. The Bertz CT molecular complexity index is 597. The first-order valence-corrected chi connectivity index (χ1v) is 6.62. The third-order valence-corrected chi connectivity index (χ3v) is 3.16. The zero-order chi connectivity index (χ0) is 15.2. The van der Waals surface area contributed by atoms with Gasteiger partial charge in [0.25, 0.3) is 5.91 Å². The summed E-state index contributed by atoms with van der Waals surface area (Å²) in [5.41, 5.74) is 6.36. The molecule has 21 heavy (non-hydrogen) atoms. The Morgan fingerprint density at radius 1 is 1.05 bits per heavy atom. The molecule has 1 unspecified atom stereocenters. The molecule has 2 aromatic carbocycles. The first-order valence-electron chi connectivity index (χ1n) is 6.62. The molecule has 3 N–H and O–H groups in total. The van der Waals surface area contributed by atoms with E-state index in [9.17, 15) is 13.6 Å². The average Bonchev–Trinajstić information content (AvgIpc) is 2.48. The predicted octanol–water partition coefficient (Wildman–Crippen LogP) is 2.78. The molecule has 0 spiro atoms. The molecule has 5 heteroatoms. The van der Waals surface area contributed by atoms with Gasteiger partial charge in [0.05, 0.1) is 0 Å². The number of carbonyl (C=O) groups is 1. The summed E-state index contributed by atoms with van der Waals surface area (Å²) in [7, 11) is 0. The molecule has 3 nitrogen and oxygen atoms in total. The Labute approximate surface area is 121 Å². The first kappa shape index (κ1) is 15.1. The van der Waals surface area contributed by atoms with Crippen LogP contribution in [-0.4, -0.2) is 12.5 Å². The first-order chi connectivity index (χ1) is 10.1. The van der Waals surface area contributed by atoms with E-state index in [4.69, 9.17) is 5.73 Å². The van der Waals surface area contributed by atoms with Crippen molar-refractivity contribution >= 4 is 5.91 Å². The van der Waals surface area contributed by atoms with Gasteiger partial charge < -0.3 is 11.1 Å². The lowest BCUT2D eigenvalue weighted by Gasteiger charge is -2.13. The Kier molecular flexibility index (Phi) is 5.00. The van der Waals surface area contributed by atoms with E-state index in [2.05, 4.69) is 5.32 Å². The molecule has 0 bridgehead atoms. The standard InChI is InChI=1S/C16H16F2N2O/c17-12-7-4-8-13(18)15(12)16(21)20-10-9-14(19)11-5-2-1-3-6-11/h1-8,14H,9-10,19H2,(H,20,21). The number of carbonyl (C=O) groups excluding carboxylic acids is 1. The fraction of sp³-hybridized carbons (Fsp3) is 0.188. The van der Waals surface area contributed by atoms with Crippen LogP contribution in [0.5, 0.6) is 0 Å². The van der Waals surface area contributed by atoms with Crippen molar-refractivity contribution in [3.8, 4) is 0 Å². The van der Waals surface area contributed by atoms with Crippen molar-refractivity contribution in [1.82, 2.24) is 5.32 Å². The lowest BCUT2D eigenvalue weighted by atomic mass is 10.0. The van der Waals surface area contributed by atoms with Crippen LogP contribution in [0.2, 0.25) is 0 Å². The van der Waals surface area contributed by atoms with Gasteiger partial charge in [0, 0.05) is 12.6 Å². The van der Waals surface area contributed by atoms with Gasteiger partial charge in [-0.15, -0.1) is 0 Å². The highest BCUT2D eigenvalue weighted by molar-refractivity contribution is 5.94. The van der Waals surface area contributed by atoms with Crippen molar-refractivity contribution < 1.29 is 13.6 Å². The molecule has 0 aliphatic heterocycles. The zero-order valence-corrected chi connectivity index (χ0v) is 11.4. The summed E-state index contributed by atoms with van der Waals surface area (Å²) < 4.78 is 26.9. The van der Waals surface area contributed by atoms with Crippen LogP contribution < -0.4 is 11.1 Å². The van der Waals surface area contributed by atoms with Crippen LogP contribution in [0.25, 0.3) is 0 Å². The Morgan fingerprint density at radius 3 is 2.29 bits per heavy atom. The van der Waals surface area contributed by atoms with Crippen molar-refractivity contribution in [2.24, 2.45) is 5.73 Å². The number of rotatable bonds is 5. The predicted molar refractivity (Wildman–Crippen MR) is 76.7 cm³/mol. The highest BCUT2D eigenvalue weighted by Gasteiger charge is 2.16. The number of nitrogens with two attached hydrogens (primary N) is 1. The second-order valence-electron chi connectivity index (χ2n) is 4.66. The summed E-state index contributed by atoms with van der Waals surface area (Å²) in [4.78, 5) is 11.8. The van der Waals surface area contributed by atoms with Gasteiger partial charge in [-0.1, -0.05) is 36.4 Å². The van der Waals surface area contributed by atoms with Crippen molar-refractivity contribution in [1.29, 1.82) is 0 Å². The lowest BCUT2D eigenvalue weighted by molar-refractivity contribution is 0.0944. The molecular formula is C16H16F2N2O. The second-order valence-corrected chi connectivity index (χ2v) is 4.66. The molecule has 0 aromatic heterocycles. The molecule has 2 aromatic rings. The van der Waals surface area contributed by atoms with E-state index in [1.807, 2.05) is 30.3 Å². The van der Waals surface area contributed by atoms with Crippen LogP contribution in [0.1, 0.15) is 28.4 Å². The summed E-state index contributed by atoms with van der Waals surface area (Å²) in [6, 6.07) is 12.5. The quantitative estimate of drug-likeness (QED) is 0.889. The van der Waals surface area contributed by atoms with Crippen LogP contribution in [-0.2, 0) is 0 Å². The topological polar surface area (TPSA) is 55.1 Å². The van der Waals surface area contributed by atoms with Crippen molar-refractivity contribution in [3.05, 3.63) is 71.3 Å². The van der Waals surface area contributed by atoms with E-state index in [0.29, 0.717) is 6.42 Å². The van der Waals surface area contributed by atoms with Gasteiger partial charge in [-0.05, 0) is 24.1 Å². The Morgan fingerprint density at radius 2 is 1.67 bits per heavy atom. The second kappa shape index (κ2) is 6.95. The fourth-order valence-corrected chi connectivity index (χ4v) is 2.01. The van der Waals surface area contributed by atoms with E-state index in [1.54, 1.807) is 0 Å². The minimum Gasteiger partial charge on any atom is -0.352 e. The SMILES string of the molecule is NC(CCNC(=O)c1c(F)cccc1F)c1ccccc1. The Balaban J connectivity index is 1.90. The van der Waals surface area contributed by atoms with E-state index >= 15 is 0 Å². The van der Waals surface area contributed by atoms with Crippen molar-refractivity contribution in [2.75, 3.05) is 6.54 Å². The molecule has 0 saturated heterocycles. The van der Waals surface area contributed by atoms with Gasteiger partial charge in [-0.3, -0.25) is 4.79 Å². The van der Waals surface area contributed by atoms with E-state index in [0.717, 1.165) is 17.7 Å². The summed E-state index contributed by atoms with van der Waals surface area (Å²) in [6.45, 7) is 0.239. The number of hydrogen-bond acceptors (Lipinski definition) is 2. The number of nitrogens with one attached hydrogen (secondary N) is 1. The molecule has 1 amide bonds. The summed E-state index contributed by atoms with van der Waals surface area (Å²) in [6.07, 6.45) is 0.478. The molecule has 0 heterocycles. The maximum atomic E-state index is 13.4. The van der Waals surface area contributed by atoms with Gasteiger partial charge in [0.2, 0.25) is 0 Å². The van der Waals surface area contributed by atoms with Gasteiger partial charge in [-0.2, -0.15) is 0 Å². The molecule has 0 aliphatic rings. The normalized spacial score (nSPS) is 12.0. The highest BCUT2D eigenvalue weighted by Crippen LogP contribution is 2.14. The number of halogens is 2. The van der Waals surface area contributed by atoms with Gasteiger partial charge in [0.1, 0.15) is 17.2 Å². The third kappa shape index (κ3) is 3.86. The number of hydrogen-bond donors (Lipinski definition) is 2. The largest absolute Gasteiger partial charge is 0.352 e. The van der Waals surface area contributed by atoms with E-state index in [1.165, 1.54) is 6.07 Å². The van der Waals surface area contributed by atoms with Crippen LogP contribution in [0.3, 0.4) is 0 Å². The van der Waals surface area contributed by atoms with Crippen LogP contribution in [0.15, 0.2) is 48.5 Å². The maximum absolute atomic E-state index is 13.4. The monoisotopic (exact) mass is 290 g/mol. The molecular weight excluding hydrogens is 274 g/mol. The van der Waals surface area contributed by atoms with Gasteiger partial charge >= 0.3 is 0 Å². The van der Waals surface area contributed by atoms with Gasteiger partial charge in [-0.25, -0.2) is 8.78 Å². The summed E-state index contributed by atoms with van der Waals surface area (Å²) in [5, 5.41) is 2.48. The molecule has 110 valence electrons. The molecule has 0 fully saturated rings. The van der Waals surface area contributed by atoms with Crippen LogP contribution in [0.4, 0.5) is 8.78 Å². The van der Waals surface area contributed by atoms with Crippen LogP contribution >= 0.6 is 0 Å². The van der Waals surface area contributed by atoms with Crippen molar-refractivity contribution in [3.63, 3.8) is 0 Å². The maximum Gasteiger partial charge on any atom is 0.257 e. The van der Waals surface area contributed by atoms with Crippen molar-refractivity contribution in [2.45, 2.75) is 12.5 Å². The third-order valence-electron chi connectivity index (χ3n) is 3.16. The van der Waals surface area contributed by atoms with Crippen LogP contribution in [0, 0.1) is 11.6 Å². The molecule has 0 aliphatic carbocycles. The minimum atomic E-state index is -0.875. The zero-order valence-electron chi connectivity index (χ0n) is 11.4. The van der Waals surface area contributed by atoms with Gasteiger partial charge in [0.15, 0.2) is 0 Å². The fourth-order valence-electron chi connectivity index (χ4n) is 2.01. The summed E-state index contributed by atoms with van der Waals surface area (Å²) in [5.74, 6) is -2.52.